The summed E-state index contributed by atoms with van der Waals surface area (Å²) >= 11 is 0. The number of pyridine rings is 1. The zero-order valence-electron chi connectivity index (χ0n) is 16.4. The van der Waals surface area contributed by atoms with Gasteiger partial charge in [0.05, 0.1) is 18.4 Å². The van der Waals surface area contributed by atoms with Crippen molar-refractivity contribution in [3.8, 4) is 28.1 Å². The van der Waals surface area contributed by atoms with E-state index in [0.29, 0.717) is 22.6 Å². The first-order valence-corrected chi connectivity index (χ1v) is 9.20. The molecule has 0 fully saturated rings. The van der Waals surface area contributed by atoms with Crippen molar-refractivity contribution in [1.29, 1.82) is 0 Å². The number of anilines is 2. The van der Waals surface area contributed by atoms with Crippen LogP contribution in [-0.2, 0) is 4.79 Å². The van der Waals surface area contributed by atoms with E-state index in [-0.39, 0.29) is 23.0 Å². The lowest BCUT2D eigenvalue weighted by atomic mass is 10.0. The largest absolute Gasteiger partial charge is 0.497 e. The first-order valence-electron chi connectivity index (χ1n) is 9.20. The number of ether oxygens (including phenoxy) is 1. The maximum absolute atomic E-state index is 14.9. The van der Waals surface area contributed by atoms with Gasteiger partial charge in [0.15, 0.2) is 0 Å². The molecule has 0 unspecified atom stereocenters. The number of benzene rings is 2. The predicted octanol–water partition coefficient (Wildman–Crippen LogP) is 5.24. The lowest BCUT2D eigenvalue weighted by molar-refractivity contribution is -0.116. The van der Waals surface area contributed by atoms with Gasteiger partial charge in [-0.15, -0.1) is 0 Å². The number of hydrogen-bond donors (Lipinski definition) is 0. The van der Waals surface area contributed by atoms with Gasteiger partial charge < -0.3 is 9.26 Å². The van der Waals surface area contributed by atoms with Gasteiger partial charge in [0, 0.05) is 30.9 Å². The fraction of sp³-hybridized carbons (Fsp3) is 0.0870. The fourth-order valence-corrected chi connectivity index (χ4v) is 3.23. The van der Waals surface area contributed by atoms with Gasteiger partial charge in [-0.3, -0.25) is 9.78 Å². The quantitative estimate of drug-likeness (QED) is 0.456. The van der Waals surface area contributed by atoms with E-state index in [1.807, 2.05) is 18.2 Å². The van der Waals surface area contributed by atoms with Gasteiger partial charge in [-0.25, -0.2) is 9.29 Å². The molecule has 0 radical (unpaired) electrons. The van der Waals surface area contributed by atoms with E-state index in [1.54, 1.807) is 48.8 Å². The highest BCUT2D eigenvalue weighted by Gasteiger charge is 2.28. The van der Waals surface area contributed by atoms with Crippen molar-refractivity contribution in [3.05, 3.63) is 78.9 Å². The standard InChI is InChI=1S/C23H18FN3O3/c1-15(28)27(17-6-4-3-5-7-17)23-21(16-10-12-25-13-11-16)22(26-30-23)19-9-8-18(29-2)14-20(19)24/h3-14H,1-2H3. The highest BCUT2D eigenvalue weighted by atomic mass is 19.1. The highest BCUT2D eigenvalue weighted by Crippen LogP contribution is 2.42. The predicted molar refractivity (Wildman–Crippen MR) is 111 cm³/mol. The molecular weight excluding hydrogens is 385 g/mol. The van der Waals surface area contributed by atoms with Crippen LogP contribution in [0.1, 0.15) is 6.92 Å². The summed E-state index contributed by atoms with van der Waals surface area (Å²) in [5.74, 6) is -0.196. The Hall–Kier alpha value is -4.00. The Labute approximate surface area is 172 Å². The summed E-state index contributed by atoms with van der Waals surface area (Å²) in [4.78, 5) is 18.0. The summed E-state index contributed by atoms with van der Waals surface area (Å²) in [5.41, 5.74) is 2.29. The normalized spacial score (nSPS) is 10.6. The summed E-state index contributed by atoms with van der Waals surface area (Å²) in [6.07, 6.45) is 3.22. The molecule has 0 aliphatic carbocycles. The molecule has 1 amide bonds. The van der Waals surface area contributed by atoms with Crippen molar-refractivity contribution in [1.82, 2.24) is 10.1 Å². The zero-order chi connectivity index (χ0) is 21.1. The molecular formula is C23H18FN3O3. The zero-order valence-corrected chi connectivity index (χ0v) is 16.4. The van der Waals surface area contributed by atoms with E-state index in [2.05, 4.69) is 10.1 Å². The van der Waals surface area contributed by atoms with Gasteiger partial charge in [-0.2, -0.15) is 0 Å². The average molecular weight is 403 g/mol. The molecule has 0 aliphatic rings. The number of rotatable bonds is 5. The molecule has 4 aromatic rings. The molecule has 7 heteroatoms. The smallest absolute Gasteiger partial charge is 0.247 e. The molecule has 0 saturated heterocycles. The van der Waals surface area contributed by atoms with E-state index >= 15 is 0 Å². The van der Waals surface area contributed by atoms with Gasteiger partial charge in [0.1, 0.15) is 17.3 Å². The third kappa shape index (κ3) is 3.53. The molecule has 0 saturated carbocycles. The molecule has 0 atom stereocenters. The third-order valence-electron chi connectivity index (χ3n) is 4.61. The van der Waals surface area contributed by atoms with Crippen LogP contribution in [0.5, 0.6) is 5.75 Å². The second-order valence-electron chi connectivity index (χ2n) is 6.48. The van der Waals surface area contributed by atoms with Crippen LogP contribution in [0.15, 0.2) is 77.6 Å². The maximum atomic E-state index is 14.9. The van der Waals surface area contributed by atoms with E-state index in [9.17, 15) is 9.18 Å². The molecule has 2 heterocycles. The number of carbonyl (C=O) groups is 1. The van der Waals surface area contributed by atoms with E-state index in [1.165, 1.54) is 25.0 Å². The van der Waals surface area contributed by atoms with Crippen molar-refractivity contribution in [2.75, 3.05) is 12.0 Å². The van der Waals surface area contributed by atoms with Gasteiger partial charge in [0.25, 0.3) is 0 Å². The number of hydrogen-bond acceptors (Lipinski definition) is 5. The number of halogens is 1. The Kier molecular flexibility index (Phi) is 5.26. The van der Waals surface area contributed by atoms with E-state index in [0.717, 1.165) is 0 Å². The molecule has 0 spiro atoms. The minimum atomic E-state index is -0.515. The summed E-state index contributed by atoms with van der Waals surface area (Å²) in [6, 6.07) is 17.1. The summed E-state index contributed by atoms with van der Waals surface area (Å²) in [7, 11) is 1.47. The second kappa shape index (κ2) is 8.16. The number of methoxy groups -OCH3 is 1. The van der Waals surface area contributed by atoms with Gasteiger partial charge in [-0.05, 0) is 42.0 Å². The van der Waals surface area contributed by atoms with Crippen LogP contribution in [0.4, 0.5) is 16.0 Å². The lowest BCUT2D eigenvalue weighted by Gasteiger charge is -2.19. The lowest BCUT2D eigenvalue weighted by Crippen LogP contribution is -2.22. The molecule has 0 aliphatic heterocycles. The van der Waals surface area contributed by atoms with Crippen molar-refractivity contribution >= 4 is 17.5 Å². The SMILES string of the molecule is COc1ccc(-c2noc(N(C(C)=O)c3ccccc3)c2-c2ccncc2)c(F)c1. The fourth-order valence-electron chi connectivity index (χ4n) is 3.23. The molecule has 30 heavy (non-hydrogen) atoms. The first-order chi connectivity index (χ1) is 14.6. The number of para-hydroxylation sites is 1. The van der Waals surface area contributed by atoms with Crippen LogP contribution in [0.25, 0.3) is 22.4 Å². The third-order valence-corrected chi connectivity index (χ3v) is 4.61. The van der Waals surface area contributed by atoms with Crippen molar-refractivity contribution in [3.63, 3.8) is 0 Å². The van der Waals surface area contributed by atoms with E-state index < -0.39 is 5.82 Å². The number of carbonyl (C=O) groups excluding carboxylic acids is 1. The number of nitrogens with zero attached hydrogens (tertiary/aromatic N) is 3. The van der Waals surface area contributed by atoms with Gasteiger partial charge in [0.2, 0.25) is 11.8 Å². The highest BCUT2D eigenvalue weighted by molar-refractivity contribution is 6.03. The molecule has 6 nitrogen and oxygen atoms in total. The summed E-state index contributed by atoms with van der Waals surface area (Å²) < 4.78 is 25.6. The Morgan fingerprint density at radius 3 is 2.43 bits per heavy atom. The minimum absolute atomic E-state index is 0.199. The van der Waals surface area contributed by atoms with Crippen molar-refractivity contribution < 1.29 is 18.4 Å². The van der Waals surface area contributed by atoms with Crippen LogP contribution in [0.3, 0.4) is 0 Å². The van der Waals surface area contributed by atoms with Crippen molar-refractivity contribution in [2.45, 2.75) is 6.92 Å². The van der Waals surface area contributed by atoms with Crippen molar-refractivity contribution in [2.24, 2.45) is 0 Å². The molecule has 2 aromatic heterocycles. The first kappa shape index (κ1) is 19.3. The van der Waals surface area contributed by atoms with E-state index in [4.69, 9.17) is 9.26 Å². The summed E-state index contributed by atoms with van der Waals surface area (Å²) in [6.45, 7) is 1.43. The maximum Gasteiger partial charge on any atom is 0.247 e. The minimum Gasteiger partial charge on any atom is -0.497 e. The Balaban J connectivity index is 1.96. The Morgan fingerprint density at radius 2 is 1.80 bits per heavy atom. The Morgan fingerprint density at radius 1 is 1.07 bits per heavy atom. The van der Waals surface area contributed by atoms with Crippen LogP contribution >= 0.6 is 0 Å². The average Bonchev–Trinajstić information content (AvgIpc) is 3.19. The molecule has 2 aromatic carbocycles. The molecule has 0 bridgehead atoms. The Bertz CT molecular complexity index is 1180. The topological polar surface area (TPSA) is 68.5 Å². The van der Waals surface area contributed by atoms with Gasteiger partial charge in [-0.1, -0.05) is 23.4 Å². The summed E-state index contributed by atoms with van der Waals surface area (Å²) in [5, 5.41) is 4.14. The van der Waals surface area contributed by atoms with Gasteiger partial charge >= 0.3 is 0 Å². The number of aromatic nitrogens is 2. The number of amides is 1. The molecule has 4 rings (SSSR count). The molecule has 150 valence electrons. The molecule has 0 N–H and O–H groups in total. The van der Waals surface area contributed by atoms with Crippen LogP contribution in [0, 0.1) is 5.82 Å². The second-order valence-corrected chi connectivity index (χ2v) is 6.48. The monoisotopic (exact) mass is 403 g/mol. The van der Waals surface area contributed by atoms with Crippen LogP contribution in [0.2, 0.25) is 0 Å². The van der Waals surface area contributed by atoms with Crippen LogP contribution in [-0.4, -0.2) is 23.2 Å². The van der Waals surface area contributed by atoms with Crippen LogP contribution < -0.4 is 9.64 Å².